The summed E-state index contributed by atoms with van der Waals surface area (Å²) >= 11 is 0. The highest BCUT2D eigenvalue weighted by molar-refractivity contribution is 7.98. The number of nitrogens with two attached hydrogens (primary N) is 1. The van der Waals surface area contributed by atoms with Gasteiger partial charge in [0.15, 0.2) is 0 Å². The van der Waals surface area contributed by atoms with Crippen molar-refractivity contribution < 1.29 is 4.21 Å². The first-order valence-corrected chi connectivity index (χ1v) is 5.95. The fourth-order valence-electron chi connectivity index (χ4n) is 1.09. The van der Waals surface area contributed by atoms with Crippen molar-refractivity contribution in [1.82, 2.24) is 0 Å². The van der Waals surface area contributed by atoms with Crippen molar-refractivity contribution in [1.29, 1.82) is 0 Å². The monoisotopic (exact) mass is 197 g/mol. The maximum Gasteiger partial charge on any atom is 0.0507 e. The van der Waals surface area contributed by atoms with E-state index < -0.39 is 9.71 Å². The highest BCUT2D eigenvalue weighted by atomic mass is 32.2. The Labute approximate surface area is 79.9 Å². The van der Waals surface area contributed by atoms with Gasteiger partial charge in [-0.1, -0.05) is 26.0 Å². The smallest absolute Gasteiger partial charge is 0.0507 e. The molecule has 1 aromatic rings. The van der Waals surface area contributed by atoms with E-state index in [1.807, 2.05) is 18.2 Å². The van der Waals surface area contributed by atoms with E-state index in [9.17, 15) is 4.21 Å². The van der Waals surface area contributed by atoms with Crippen molar-refractivity contribution in [2.75, 3.05) is 0 Å². The molecule has 13 heavy (non-hydrogen) atoms. The van der Waals surface area contributed by atoms with Gasteiger partial charge >= 0.3 is 0 Å². The first-order valence-electron chi connectivity index (χ1n) is 4.16. The summed E-state index contributed by atoms with van der Waals surface area (Å²) in [5.41, 5.74) is 1.14. The lowest BCUT2D eigenvalue weighted by Crippen LogP contribution is -2.12. The Bertz CT molecular complexity index is 393. The average Bonchev–Trinajstić information content (AvgIpc) is 2.03. The van der Waals surface area contributed by atoms with Crippen LogP contribution in [0.4, 0.5) is 0 Å². The molecule has 0 saturated carbocycles. The van der Waals surface area contributed by atoms with Gasteiger partial charge in [-0.3, -0.25) is 5.14 Å². The van der Waals surface area contributed by atoms with Crippen molar-refractivity contribution in [2.45, 2.75) is 24.7 Å². The molecular weight excluding hydrogens is 182 g/mol. The molecule has 0 radical (unpaired) electrons. The first-order chi connectivity index (χ1) is 5.91. The third kappa shape index (κ3) is 2.57. The van der Waals surface area contributed by atoms with Crippen LogP contribution in [-0.4, -0.2) is 10.1 Å². The summed E-state index contributed by atoms with van der Waals surface area (Å²) in [4.78, 5) is 0.624. The van der Waals surface area contributed by atoms with Crippen molar-refractivity contribution >= 4 is 15.6 Å². The summed E-state index contributed by atoms with van der Waals surface area (Å²) in [7, 11) is -2.56. The molecule has 2 nitrogen and oxygen atoms in total. The fraction of sp³-hybridized carbons (Fsp3) is 0.300. The van der Waals surface area contributed by atoms with Crippen LogP contribution in [0.5, 0.6) is 0 Å². The molecule has 0 aliphatic heterocycles. The molecule has 3 heteroatoms. The first kappa shape index (κ1) is 10.3. The van der Waals surface area contributed by atoms with Gasteiger partial charge in [-0.2, -0.15) is 0 Å². The van der Waals surface area contributed by atoms with E-state index in [1.165, 1.54) is 0 Å². The maximum absolute atomic E-state index is 11.4. The minimum absolute atomic E-state index is 0.418. The molecule has 0 bridgehead atoms. The fourth-order valence-corrected chi connectivity index (χ4v) is 1.73. The second kappa shape index (κ2) is 3.52. The third-order valence-corrected chi connectivity index (χ3v) is 2.98. The van der Waals surface area contributed by atoms with Crippen LogP contribution in [0.25, 0.3) is 0 Å². The van der Waals surface area contributed by atoms with Crippen molar-refractivity contribution in [2.24, 2.45) is 5.14 Å². The van der Waals surface area contributed by atoms with Crippen LogP contribution in [0, 0.1) is 0 Å². The molecule has 2 N–H and O–H groups in total. The van der Waals surface area contributed by atoms with Crippen LogP contribution < -0.4 is 5.14 Å². The number of hydrogen-bond donors (Lipinski definition) is 1. The molecule has 0 aliphatic carbocycles. The van der Waals surface area contributed by atoms with Gasteiger partial charge in [0.05, 0.1) is 9.71 Å². The standard InChI is InChI=1S/C10H15NOS/c1-8(2)9-5-4-6-10(7-9)13(3,11)12/h4-8H,3H2,1-2H3,(H2,11,12). The normalized spacial score (nSPS) is 15.7. The molecule has 1 aromatic carbocycles. The quantitative estimate of drug-likeness (QED) is 0.721. The zero-order chi connectivity index (χ0) is 10.1. The Morgan fingerprint density at radius 3 is 2.54 bits per heavy atom. The molecule has 1 unspecified atom stereocenters. The largest absolute Gasteiger partial charge is 0.256 e. The summed E-state index contributed by atoms with van der Waals surface area (Å²) in [6.45, 7) is 4.17. The predicted molar refractivity (Wildman–Crippen MR) is 58.2 cm³/mol. The van der Waals surface area contributed by atoms with Gasteiger partial charge in [0, 0.05) is 4.90 Å². The van der Waals surface area contributed by atoms with E-state index in [2.05, 4.69) is 19.7 Å². The second-order valence-electron chi connectivity index (χ2n) is 3.45. The highest BCUT2D eigenvalue weighted by Crippen LogP contribution is 2.17. The molecule has 0 fully saturated rings. The van der Waals surface area contributed by atoms with Crippen LogP contribution in [0.2, 0.25) is 0 Å². The van der Waals surface area contributed by atoms with Crippen LogP contribution in [0.15, 0.2) is 29.2 Å². The summed E-state index contributed by atoms with van der Waals surface area (Å²) in [6.07, 6.45) is 0. The lowest BCUT2D eigenvalue weighted by atomic mass is 10.0. The topological polar surface area (TPSA) is 43.1 Å². The number of rotatable bonds is 2. The van der Waals surface area contributed by atoms with E-state index in [0.29, 0.717) is 10.8 Å². The minimum atomic E-state index is -2.56. The van der Waals surface area contributed by atoms with Crippen LogP contribution >= 0.6 is 0 Å². The number of hydrogen-bond acceptors (Lipinski definition) is 1. The van der Waals surface area contributed by atoms with Gasteiger partial charge < -0.3 is 0 Å². The molecule has 1 atom stereocenters. The second-order valence-corrected chi connectivity index (χ2v) is 5.38. The Morgan fingerprint density at radius 1 is 1.46 bits per heavy atom. The Hall–Kier alpha value is -0.800. The Balaban J connectivity index is 3.21. The Morgan fingerprint density at radius 2 is 2.08 bits per heavy atom. The van der Waals surface area contributed by atoms with E-state index in [1.54, 1.807) is 6.07 Å². The van der Waals surface area contributed by atoms with Crippen LogP contribution in [0.1, 0.15) is 25.3 Å². The summed E-state index contributed by atoms with van der Waals surface area (Å²) < 4.78 is 11.4. The maximum atomic E-state index is 11.4. The van der Waals surface area contributed by atoms with Gasteiger partial charge in [-0.05, 0) is 29.5 Å². The zero-order valence-corrected chi connectivity index (χ0v) is 8.80. The summed E-state index contributed by atoms with van der Waals surface area (Å²) in [5, 5.41) is 5.44. The summed E-state index contributed by atoms with van der Waals surface area (Å²) in [5.74, 6) is 3.86. The minimum Gasteiger partial charge on any atom is -0.256 e. The van der Waals surface area contributed by atoms with E-state index in [-0.39, 0.29) is 0 Å². The van der Waals surface area contributed by atoms with Crippen molar-refractivity contribution in [3.8, 4) is 0 Å². The Kier molecular flexibility index (Phi) is 2.78. The van der Waals surface area contributed by atoms with Crippen molar-refractivity contribution in [3.63, 3.8) is 0 Å². The SMILES string of the molecule is C=S(N)(=O)c1cccc(C(C)C)c1. The molecule has 0 aromatic heterocycles. The highest BCUT2D eigenvalue weighted by Gasteiger charge is 2.04. The molecule has 0 saturated heterocycles. The molecular formula is C10H15NOS. The average molecular weight is 197 g/mol. The third-order valence-electron chi connectivity index (χ3n) is 1.92. The van der Waals surface area contributed by atoms with Crippen LogP contribution in [0.3, 0.4) is 0 Å². The van der Waals surface area contributed by atoms with E-state index in [4.69, 9.17) is 5.14 Å². The van der Waals surface area contributed by atoms with Gasteiger partial charge in [-0.25, -0.2) is 4.21 Å². The molecule has 1 rings (SSSR count). The molecule has 0 heterocycles. The lowest BCUT2D eigenvalue weighted by Gasteiger charge is -2.08. The lowest BCUT2D eigenvalue weighted by molar-refractivity contribution is 0.682. The molecule has 72 valence electrons. The van der Waals surface area contributed by atoms with E-state index >= 15 is 0 Å². The van der Waals surface area contributed by atoms with E-state index in [0.717, 1.165) is 5.56 Å². The van der Waals surface area contributed by atoms with Crippen molar-refractivity contribution in [3.05, 3.63) is 29.8 Å². The summed E-state index contributed by atoms with van der Waals surface area (Å²) in [6, 6.07) is 7.48. The van der Waals surface area contributed by atoms with Gasteiger partial charge in [-0.15, -0.1) is 0 Å². The molecule has 0 spiro atoms. The number of benzene rings is 1. The molecule has 0 aliphatic rings. The van der Waals surface area contributed by atoms with Gasteiger partial charge in [0.25, 0.3) is 0 Å². The molecule has 0 amide bonds. The predicted octanol–water partition coefficient (Wildman–Crippen LogP) is 1.76. The van der Waals surface area contributed by atoms with Crippen LogP contribution in [-0.2, 0) is 9.71 Å². The zero-order valence-electron chi connectivity index (χ0n) is 7.99. The van der Waals surface area contributed by atoms with Gasteiger partial charge in [0.1, 0.15) is 0 Å². The van der Waals surface area contributed by atoms with Gasteiger partial charge in [0.2, 0.25) is 0 Å².